The third-order valence-electron chi connectivity index (χ3n) is 1.24. The fraction of sp³-hybridized carbons (Fsp3) is 0.667. The van der Waals surface area contributed by atoms with Gasteiger partial charge in [-0.1, -0.05) is 0 Å². The molecule has 0 saturated heterocycles. The van der Waals surface area contributed by atoms with Gasteiger partial charge in [-0.15, -0.1) is 0 Å². The Morgan fingerprint density at radius 1 is 1.38 bits per heavy atom. The van der Waals surface area contributed by atoms with Crippen molar-refractivity contribution in [1.29, 1.82) is 0 Å². The summed E-state index contributed by atoms with van der Waals surface area (Å²) in [5, 5.41) is 18.6. The summed E-state index contributed by atoms with van der Waals surface area (Å²) < 4.78 is 23.3. The smallest absolute Gasteiger partial charge is 0.328 e. The van der Waals surface area contributed by atoms with Crippen molar-refractivity contribution >= 4 is 11.9 Å². The number of aliphatic hydroxyl groups is 1. The SMILES string of the molecule is C[C@@H](O)[C@H](NC(=O)C(F)F)C(=O)O. The summed E-state index contributed by atoms with van der Waals surface area (Å²) >= 11 is 0. The van der Waals surface area contributed by atoms with Gasteiger partial charge in [-0.05, 0) is 6.92 Å². The maximum absolute atomic E-state index is 11.6. The van der Waals surface area contributed by atoms with Gasteiger partial charge >= 0.3 is 12.4 Å². The van der Waals surface area contributed by atoms with Gasteiger partial charge in [0.2, 0.25) is 0 Å². The number of carbonyl (C=O) groups excluding carboxylic acids is 1. The number of nitrogens with one attached hydrogen (secondary N) is 1. The fourth-order valence-corrected chi connectivity index (χ4v) is 0.605. The number of hydrogen-bond acceptors (Lipinski definition) is 3. The minimum atomic E-state index is -3.29. The van der Waals surface area contributed by atoms with Crippen LogP contribution >= 0.6 is 0 Å². The first-order valence-corrected chi connectivity index (χ1v) is 3.35. The van der Waals surface area contributed by atoms with Gasteiger partial charge in [0.05, 0.1) is 6.10 Å². The molecule has 0 aromatic carbocycles. The van der Waals surface area contributed by atoms with E-state index in [0.717, 1.165) is 6.92 Å². The van der Waals surface area contributed by atoms with Gasteiger partial charge in [-0.3, -0.25) is 4.79 Å². The van der Waals surface area contributed by atoms with Crippen LogP contribution in [0, 0.1) is 0 Å². The van der Waals surface area contributed by atoms with E-state index in [9.17, 15) is 18.4 Å². The largest absolute Gasteiger partial charge is 0.480 e. The Kier molecular flexibility index (Phi) is 4.26. The van der Waals surface area contributed by atoms with E-state index in [1.165, 1.54) is 5.32 Å². The second kappa shape index (κ2) is 4.70. The number of alkyl halides is 2. The number of aliphatic carboxylic acids is 1. The normalized spacial score (nSPS) is 15.2. The Balaban J connectivity index is 4.27. The van der Waals surface area contributed by atoms with Crippen molar-refractivity contribution < 1.29 is 28.6 Å². The molecule has 13 heavy (non-hydrogen) atoms. The van der Waals surface area contributed by atoms with Crippen LogP contribution in [-0.4, -0.2) is 40.7 Å². The second-order valence-corrected chi connectivity index (χ2v) is 2.37. The Hall–Kier alpha value is -1.24. The lowest BCUT2D eigenvalue weighted by atomic mass is 10.2. The molecular weight excluding hydrogens is 188 g/mol. The molecule has 0 radical (unpaired) electrons. The van der Waals surface area contributed by atoms with E-state index in [2.05, 4.69) is 0 Å². The lowest BCUT2D eigenvalue weighted by Gasteiger charge is -2.16. The van der Waals surface area contributed by atoms with E-state index in [4.69, 9.17) is 10.2 Å². The predicted molar refractivity (Wildman–Crippen MR) is 37.3 cm³/mol. The van der Waals surface area contributed by atoms with E-state index in [1.54, 1.807) is 0 Å². The van der Waals surface area contributed by atoms with Gasteiger partial charge in [0.1, 0.15) is 0 Å². The van der Waals surface area contributed by atoms with E-state index >= 15 is 0 Å². The van der Waals surface area contributed by atoms with Crippen molar-refractivity contribution in [2.75, 3.05) is 0 Å². The maximum Gasteiger partial charge on any atom is 0.328 e. The van der Waals surface area contributed by atoms with Crippen LogP contribution in [-0.2, 0) is 9.59 Å². The van der Waals surface area contributed by atoms with Crippen molar-refractivity contribution in [3.63, 3.8) is 0 Å². The highest BCUT2D eigenvalue weighted by Gasteiger charge is 2.28. The summed E-state index contributed by atoms with van der Waals surface area (Å²) in [4.78, 5) is 20.6. The number of carboxylic acids is 1. The quantitative estimate of drug-likeness (QED) is 0.550. The zero-order chi connectivity index (χ0) is 10.6. The average molecular weight is 197 g/mol. The molecule has 0 aromatic heterocycles. The van der Waals surface area contributed by atoms with Gasteiger partial charge in [0, 0.05) is 0 Å². The molecule has 5 nitrogen and oxygen atoms in total. The van der Waals surface area contributed by atoms with Gasteiger partial charge in [0.25, 0.3) is 5.91 Å². The number of amides is 1. The van der Waals surface area contributed by atoms with E-state index in [1.807, 2.05) is 0 Å². The third kappa shape index (κ3) is 3.79. The number of carbonyl (C=O) groups is 2. The van der Waals surface area contributed by atoms with E-state index < -0.39 is 30.4 Å². The average Bonchev–Trinajstić information content (AvgIpc) is 1.97. The minimum absolute atomic E-state index is 1.07. The first-order chi connectivity index (χ1) is 5.86. The molecule has 0 bridgehead atoms. The van der Waals surface area contributed by atoms with Crippen molar-refractivity contribution in [3.8, 4) is 0 Å². The summed E-state index contributed by atoms with van der Waals surface area (Å²) in [7, 11) is 0. The number of carboxylic acid groups (broad SMARTS) is 1. The fourth-order valence-electron chi connectivity index (χ4n) is 0.605. The van der Waals surface area contributed by atoms with Gasteiger partial charge in [-0.25, -0.2) is 4.79 Å². The van der Waals surface area contributed by atoms with Crippen LogP contribution < -0.4 is 5.32 Å². The molecule has 0 aliphatic rings. The zero-order valence-electron chi connectivity index (χ0n) is 6.70. The number of halogens is 2. The topological polar surface area (TPSA) is 86.6 Å². The summed E-state index contributed by atoms with van der Waals surface area (Å²) in [5.41, 5.74) is 0. The molecule has 0 aliphatic heterocycles. The Bertz CT molecular complexity index is 207. The lowest BCUT2D eigenvalue weighted by Crippen LogP contribution is -2.49. The summed E-state index contributed by atoms with van der Waals surface area (Å²) in [6.45, 7) is 1.07. The summed E-state index contributed by atoms with van der Waals surface area (Å²) in [6.07, 6.45) is -4.72. The van der Waals surface area contributed by atoms with Gasteiger partial charge < -0.3 is 15.5 Å². The second-order valence-electron chi connectivity index (χ2n) is 2.37. The molecule has 7 heteroatoms. The lowest BCUT2D eigenvalue weighted by molar-refractivity contribution is -0.147. The standard InChI is InChI=1S/C6H9F2NO4/c1-2(10)3(6(12)13)9-5(11)4(7)8/h2-4,10H,1H3,(H,9,11)(H,12,13)/t2-,3+/m1/s1. The van der Waals surface area contributed by atoms with Crippen LogP contribution in [0.4, 0.5) is 8.78 Å². The molecule has 76 valence electrons. The maximum atomic E-state index is 11.6. The summed E-state index contributed by atoms with van der Waals surface area (Å²) in [6, 6.07) is -1.71. The van der Waals surface area contributed by atoms with Gasteiger partial charge in [-0.2, -0.15) is 8.78 Å². The van der Waals surface area contributed by atoms with Crippen LogP contribution in [0.3, 0.4) is 0 Å². The molecule has 0 spiro atoms. The zero-order valence-corrected chi connectivity index (χ0v) is 6.70. The Morgan fingerprint density at radius 2 is 1.85 bits per heavy atom. The monoisotopic (exact) mass is 197 g/mol. The highest BCUT2D eigenvalue weighted by Crippen LogP contribution is 1.97. The van der Waals surface area contributed by atoms with Crippen LogP contribution in [0.15, 0.2) is 0 Å². The van der Waals surface area contributed by atoms with Crippen LogP contribution in [0.25, 0.3) is 0 Å². The first-order valence-electron chi connectivity index (χ1n) is 3.35. The number of rotatable bonds is 4. The molecule has 0 unspecified atom stereocenters. The summed E-state index contributed by atoms with van der Waals surface area (Å²) in [5.74, 6) is -3.28. The van der Waals surface area contributed by atoms with Crippen LogP contribution in [0.5, 0.6) is 0 Å². The molecule has 1 amide bonds. The van der Waals surface area contributed by atoms with Crippen LogP contribution in [0.2, 0.25) is 0 Å². The van der Waals surface area contributed by atoms with E-state index in [-0.39, 0.29) is 0 Å². The molecule has 0 aliphatic carbocycles. The molecule has 3 N–H and O–H groups in total. The minimum Gasteiger partial charge on any atom is -0.480 e. The molecule has 0 saturated carbocycles. The number of hydrogen-bond donors (Lipinski definition) is 3. The number of aliphatic hydroxyl groups excluding tert-OH is 1. The van der Waals surface area contributed by atoms with Crippen LogP contribution in [0.1, 0.15) is 6.92 Å². The Morgan fingerprint density at radius 3 is 2.08 bits per heavy atom. The highest BCUT2D eigenvalue weighted by atomic mass is 19.3. The predicted octanol–water partition coefficient (Wildman–Crippen LogP) is -0.798. The molecule has 0 aromatic rings. The van der Waals surface area contributed by atoms with Crippen molar-refractivity contribution in [2.24, 2.45) is 0 Å². The van der Waals surface area contributed by atoms with Crippen molar-refractivity contribution in [2.45, 2.75) is 25.5 Å². The highest BCUT2D eigenvalue weighted by molar-refractivity contribution is 5.85. The van der Waals surface area contributed by atoms with Crippen molar-refractivity contribution in [1.82, 2.24) is 5.32 Å². The Labute approximate surface area is 72.4 Å². The molecular formula is C6H9F2NO4. The molecule has 2 atom stereocenters. The van der Waals surface area contributed by atoms with Crippen molar-refractivity contribution in [3.05, 3.63) is 0 Å². The first kappa shape index (κ1) is 11.8. The third-order valence-corrected chi connectivity index (χ3v) is 1.24. The molecule has 0 fully saturated rings. The molecule has 0 rings (SSSR count). The molecule has 0 heterocycles. The van der Waals surface area contributed by atoms with Gasteiger partial charge in [0.15, 0.2) is 6.04 Å². The van der Waals surface area contributed by atoms with E-state index in [0.29, 0.717) is 0 Å².